The van der Waals surface area contributed by atoms with E-state index in [1.165, 1.54) is 0 Å². The van der Waals surface area contributed by atoms with Gasteiger partial charge in [0, 0.05) is 12.5 Å². The lowest BCUT2D eigenvalue weighted by Crippen LogP contribution is -2.46. The molecule has 4 rings (SSSR count). The summed E-state index contributed by atoms with van der Waals surface area (Å²) in [4.78, 5) is 36.0. The van der Waals surface area contributed by atoms with E-state index in [4.69, 9.17) is 4.74 Å². The van der Waals surface area contributed by atoms with Crippen molar-refractivity contribution in [1.29, 1.82) is 0 Å². The number of hydrogen-bond acceptors (Lipinski definition) is 4. The van der Waals surface area contributed by atoms with Crippen molar-refractivity contribution in [1.82, 2.24) is 10.6 Å². The van der Waals surface area contributed by atoms with Crippen LogP contribution in [-0.2, 0) is 14.3 Å². The Morgan fingerprint density at radius 3 is 2.17 bits per heavy atom. The molecule has 3 N–H and O–H groups in total. The quantitative estimate of drug-likeness (QED) is 0.497. The molecule has 1 saturated carbocycles. The number of hydrogen-bond donors (Lipinski definition) is 3. The molecule has 186 valence electrons. The molecule has 0 saturated heterocycles. The third-order valence-electron chi connectivity index (χ3n) is 7.07. The molecule has 0 spiro atoms. The highest BCUT2D eigenvalue weighted by atomic mass is 19.3. The first-order valence-corrected chi connectivity index (χ1v) is 11.7. The highest BCUT2D eigenvalue weighted by Crippen LogP contribution is 2.55. The standard InChI is InChI=1S/C26H28F2N2O5/c1-3-14(2)22(24(32)33)30-23(31)21-20(26(21,27)28)12-29-25(34)35-13-19-17-10-6-4-8-15(17)16-9-5-7-11-18(16)19/h4-11,14,19-22H,3,12-13H2,1-2H3,(H,29,34)(H,30,31)(H,32,33)/t14?,20?,21?,22-/m0/s1. The van der Waals surface area contributed by atoms with Gasteiger partial charge in [-0.15, -0.1) is 0 Å². The summed E-state index contributed by atoms with van der Waals surface area (Å²) in [5, 5.41) is 13.8. The summed E-state index contributed by atoms with van der Waals surface area (Å²) in [5.41, 5.74) is 4.20. The van der Waals surface area contributed by atoms with Gasteiger partial charge in [0.05, 0.1) is 5.92 Å². The number of aliphatic carboxylic acids is 1. The van der Waals surface area contributed by atoms with Crippen molar-refractivity contribution in [3.8, 4) is 11.1 Å². The summed E-state index contributed by atoms with van der Waals surface area (Å²) < 4.78 is 33.9. The Bertz CT molecular complexity index is 1090. The van der Waals surface area contributed by atoms with Crippen LogP contribution < -0.4 is 10.6 Å². The van der Waals surface area contributed by atoms with Crippen molar-refractivity contribution in [3.05, 3.63) is 59.7 Å². The molecule has 0 bridgehead atoms. The number of carboxylic acids is 1. The number of nitrogens with one attached hydrogen (secondary N) is 2. The van der Waals surface area contributed by atoms with Crippen molar-refractivity contribution in [2.24, 2.45) is 17.8 Å². The van der Waals surface area contributed by atoms with E-state index in [1.807, 2.05) is 48.5 Å². The van der Waals surface area contributed by atoms with Crippen LogP contribution in [-0.4, -0.2) is 48.2 Å². The molecule has 2 amide bonds. The third kappa shape index (κ3) is 4.72. The number of alkyl halides is 2. The zero-order chi connectivity index (χ0) is 25.3. The average Bonchev–Trinajstić information content (AvgIpc) is 3.25. The molecular formula is C26H28F2N2O5. The summed E-state index contributed by atoms with van der Waals surface area (Å²) in [6.45, 7) is 2.96. The first kappa shape index (κ1) is 24.6. The summed E-state index contributed by atoms with van der Waals surface area (Å²) >= 11 is 0. The van der Waals surface area contributed by atoms with Crippen molar-refractivity contribution >= 4 is 18.0 Å². The van der Waals surface area contributed by atoms with Gasteiger partial charge in [-0.05, 0) is 28.2 Å². The molecule has 9 heteroatoms. The topological polar surface area (TPSA) is 105 Å². The second-order valence-corrected chi connectivity index (χ2v) is 9.18. The van der Waals surface area contributed by atoms with Gasteiger partial charge in [-0.2, -0.15) is 0 Å². The summed E-state index contributed by atoms with van der Waals surface area (Å²) in [7, 11) is 0. The Morgan fingerprint density at radius 2 is 1.63 bits per heavy atom. The molecule has 4 atom stereocenters. The molecule has 35 heavy (non-hydrogen) atoms. The molecule has 1 fully saturated rings. The minimum Gasteiger partial charge on any atom is -0.480 e. The number of fused-ring (bicyclic) bond motifs is 3. The van der Waals surface area contributed by atoms with Gasteiger partial charge >= 0.3 is 12.1 Å². The maximum Gasteiger partial charge on any atom is 0.407 e. The van der Waals surface area contributed by atoms with Crippen LogP contribution in [0.25, 0.3) is 11.1 Å². The van der Waals surface area contributed by atoms with E-state index in [-0.39, 0.29) is 12.5 Å². The Morgan fingerprint density at radius 1 is 1.06 bits per heavy atom. The van der Waals surface area contributed by atoms with Gasteiger partial charge in [0.15, 0.2) is 0 Å². The van der Waals surface area contributed by atoms with Crippen molar-refractivity contribution in [2.45, 2.75) is 38.2 Å². The van der Waals surface area contributed by atoms with Gasteiger partial charge in [-0.25, -0.2) is 18.4 Å². The fraction of sp³-hybridized carbons (Fsp3) is 0.423. The molecule has 3 unspecified atom stereocenters. The minimum atomic E-state index is -3.33. The van der Waals surface area contributed by atoms with Gasteiger partial charge in [0.2, 0.25) is 5.91 Å². The summed E-state index contributed by atoms with van der Waals surface area (Å²) in [6, 6.07) is 14.4. The van der Waals surface area contributed by atoms with Crippen LogP contribution in [0, 0.1) is 17.8 Å². The van der Waals surface area contributed by atoms with Crippen LogP contribution in [0.4, 0.5) is 13.6 Å². The van der Waals surface area contributed by atoms with E-state index in [9.17, 15) is 28.3 Å². The Balaban J connectivity index is 1.32. The van der Waals surface area contributed by atoms with E-state index >= 15 is 0 Å². The number of carbonyl (C=O) groups excluding carboxylic acids is 2. The number of carbonyl (C=O) groups is 3. The Hall–Kier alpha value is -3.49. The monoisotopic (exact) mass is 486 g/mol. The van der Waals surface area contributed by atoms with Crippen LogP contribution in [0.2, 0.25) is 0 Å². The lowest BCUT2D eigenvalue weighted by molar-refractivity contribution is -0.144. The van der Waals surface area contributed by atoms with Gasteiger partial charge < -0.3 is 20.5 Å². The van der Waals surface area contributed by atoms with Gasteiger partial charge in [0.1, 0.15) is 18.6 Å². The SMILES string of the molecule is CCC(C)[C@H](NC(=O)C1C(CNC(=O)OCC2c3ccccc3-c3ccccc32)C1(F)F)C(=O)O. The number of halogens is 2. The third-order valence-corrected chi connectivity index (χ3v) is 7.07. The maximum atomic E-state index is 14.3. The van der Waals surface area contributed by atoms with Crippen LogP contribution in [0.15, 0.2) is 48.5 Å². The van der Waals surface area contributed by atoms with Crippen LogP contribution in [0.1, 0.15) is 37.3 Å². The van der Waals surface area contributed by atoms with E-state index < -0.39 is 54.2 Å². The first-order valence-electron chi connectivity index (χ1n) is 11.7. The molecular weight excluding hydrogens is 458 g/mol. The van der Waals surface area contributed by atoms with E-state index in [0.29, 0.717) is 6.42 Å². The van der Waals surface area contributed by atoms with Crippen molar-refractivity contribution < 1.29 is 33.0 Å². The second-order valence-electron chi connectivity index (χ2n) is 9.18. The van der Waals surface area contributed by atoms with Crippen LogP contribution in [0.5, 0.6) is 0 Å². The number of carboxylic acid groups (broad SMARTS) is 1. The number of rotatable bonds is 9. The fourth-order valence-corrected chi connectivity index (χ4v) is 4.77. The van der Waals surface area contributed by atoms with Gasteiger partial charge in [-0.1, -0.05) is 68.8 Å². The van der Waals surface area contributed by atoms with Crippen molar-refractivity contribution in [2.75, 3.05) is 13.2 Å². The Labute approximate surface area is 201 Å². The second kappa shape index (κ2) is 9.64. The number of benzene rings is 2. The van der Waals surface area contributed by atoms with Gasteiger partial charge in [-0.3, -0.25) is 4.79 Å². The lowest BCUT2D eigenvalue weighted by atomic mass is 9.98. The predicted molar refractivity (Wildman–Crippen MR) is 124 cm³/mol. The molecule has 2 aromatic rings. The molecule has 7 nitrogen and oxygen atoms in total. The highest BCUT2D eigenvalue weighted by Gasteiger charge is 2.71. The molecule has 0 aromatic heterocycles. The molecule has 2 aliphatic carbocycles. The molecule has 0 aliphatic heterocycles. The summed E-state index contributed by atoms with van der Waals surface area (Å²) in [6.07, 6.45) is -0.387. The zero-order valence-corrected chi connectivity index (χ0v) is 19.5. The molecule has 2 aliphatic rings. The van der Waals surface area contributed by atoms with E-state index in [1.54, 1.807) is 13.8 Å². The van der Waals surface area contributed by atoms with Crippen LogP contribution in [0.3, 0.4) is 0 Å². The largest absolute Gasteiger partial charge is 0.480 e. The summed E-state index contributed by atoms with van der Waals surface area (Å²) in [5.74, 6) is -9.33. The highest BCUT2D eigenvalue weighted by molar-refractivity contribution is 5.88. The van der Waals surface area contributed by atoms with E-state index in [0.717, 1.165) is 22.3 Å². The van der Waals surface area contributed by atoms with Gasteiger partial charge in [0.25, 0.3) is 5.92 Å². The normalized spacial score (nSPS) is 21.3. The van der Waals surface area contributed by atoms with Crippen molar-refractivity contribution in [3.63, 3.8) is 0 Å². The molecule has 0 heterocycles. The van der Waals surface area contributed by atoms with E-state index in [2.05, 4.69) is 10.6 Å². The van der Waals surface area contributed by atoms with Crippen LogP contribution >= 0.6 is 0 Å². The number of amides is 2. The molecule has 0 radical (unpaired) electrons. The smallest absolute Gasteiger partial charge is 0.407 e. The zero-order valence-electron chi connectivity index (χ0n) is 19.5. The minimum absolute atomic E-state index is 0.0417. The predicted octanol–water partition coefficient (Wildman–Crippen LogP) is 4.02. The lowest BCUT2D eigenvalue weighted by Gasteiger charge is -2.20. The fourth-order valence-electron chi connectivity index (χ4n) is 4.77. The average molecular weight is 487 g/mol. The first-order chi connectivity index (χ1) is 16.7. The number of alkyl carbamates (subject to hydrolysis) is 1. The number of ether oxygens (including phenoxy) is 1. The molecule has 2 aromatic carbocycles. The Kier molecular flexibility index (Phi) is 6.78. The maximum absolute atomic E-state index is 14.3.